The highest BCUT2D eigenvalue weighted by atomic mass is 16.3. The molecule has 0 heterocycles. The van der Waals surface area contributed by atoms with Crippen LogP contribution in [0.3, 0.4) is 0 Å². The van der Waals surface area contributed by atoms with Crippen LogP contribution < -0.4 is 0 Å². The van der Waals surface area contributed by atoms with E-state index in [0.29, 0.717) is 12.6 Å². The number of carbonyl (C=O) groups excluding carboxylic acids is 1. The molecule has 86 valence electrons. The molecule has 3 nitrogen and oxygen atoms in total. The van der Waals surface area contributed by atoms with Crippen molar-refractivity contribution in [3.05, 3.63) is 11.6 Å². The van der Waals surface area contributed by atoms with E-state index in [1.165, 1.54) is 12.8 Å². The highest BCUT2D eigenvalue weighted by Gasteiger charge is 2.24. The Kier molecular flexibility index (Phi) is 4.82. The minimum atomic E-state index is 0.0518. The van der Waals surface area contributed by atoms with Gasteiger partial charge in [0.25, 0.3) is 0 Å². The first-order chi connectivity index (χ1) is 7.15. The van der Waals surface area contributed by atoms with Crippen molar-refractivity contribution < 1.29 is 9.90 Å². The van der Waals surface area contributed by atoms with Gasteiger partial charge in [0.05, 0.1) is 6.61 Å². The van der Waals surface area contributed by atoms with Crippen molar-refractivity contribution in [2.75, 3.05) is 13.2 Å². The van der Waals surface area contributed by atoms with Gasteiger partial charge in [-0.2, -0.15) is 0 Å². The highest BCUT2D eigenvalue weighted by Crippen LogP contribution is 2.23. The van der Waals surface area contributed by atoms with Crippen LogP contribution in [0.2, 0.25) is 0 Å². The van der Waals surface area contributed by atoms with E-state index < -0.39 is 0 Å². The fourth-order valence-corrected chi connectivity index (χ4v) is 2.13. The smallest absolute Gasteiger partial charge is 0.246 e. The Morgan fingerprint density at radius 2 is 2.00 bits per heavy atom. The number of allylic oxidation sites excluding steroid dienone is 1. The van der Waals surface area contributed by atoms with Crippen LogP contribution in [-0.2, 0) is 4.79 Å². The monoisotopic (exact) mass is 211 g/mol. The fraction of sp³-hybridized carbons (Fsp3) is 0.750. The summed E-state index contributed by atoms with van der Waals surface area (Å²) in [6, 6.07) is 0.347. The molecule has 0 aliphatic heterocycles. The minimum absolute atomic E-state index is 0.0518. The van der Waals surface area contributed by atoms with Gasteiger partial charge in [0.1, 0.15) is 0 Å². The van der Waals surface area contributed by atoms with Gasteiger partial charge in [-0.25, -0.2) is 0 Å². The van der Waals surface area contributed by atoms with Crippen LogP contribution in [0.4, 0.5) is 0 Å². The van der Waals surface area contributed by atoms with Crippen molar-refractivity contribution in [1.29, 1.82) is 0 Å². The van der Waals surface area contributed by atoms with Crippen LogP contribution in [0.15, 0.2) is 11.6 Å². The van der Waals surface area contributed by atoms with Crippen molar-refractivity contribution in [2.45, 2.75) is 45.6 Å². The van der Waals surface area contributed by atoms with E-state index in [0.717, 1.165) is 18.4 Å². The predicted molar refractivity (Wildman–Crippen MR) is 60.5 cm³/mol. The van der Waals surface area contributed by atoms with Crippen LogP contribution in [0.25, 0.3) is 0 Å². The summed E-state index contributed by atoms with van der Waals surface area (Å²) in [6.45, 7) is 4.36. The maximum Gasteiger partial charge on any atom is 0.246 e. The molecule has 1 fully saturated rings. The number of rotatable bonds is 4. The summed E-state index contributed by atoms with van der Waals surface area (Å²) in [5.41, 5.74) is 1.01. The van der Waals surface area contributed by atoms with Gasteiger partial charge in [0, 0.05) is 18.7 Å². The number of nitrogens with zero attached hydrogens (tertiary/aromatic N) is 1. The Labute approximate surface area is 91.8 Å². The second-order valence-electron chi connectivity index (χ2n) is 4.42. The second kappa shape index (κ2) is 5.91. The zero-order valence-corrected chi connectivity index (χ0v) is 9.70. The van der Waals surface area contributed by atoms with E-state index in [-0.39, 0.29) is 12.5 Å². The van der Waals surface area contributed by atoms with Crippen molar-refractivity contribution in [3.63, 3.8) is 0 Å². The lowest BCUT2D eigenvalue weighted by molar-refractivity contribution is -0.128. The average Bonchev–Trinajstić information content (AvgIpc) is 2.65. The highest BCUT2D eigenvalue weighted by molar-refractivity contribution is 5.88. The first-order valence-corrected chi connectivity index (χ1v) is 5.71. The lowest BCUT2D eigenvalue weighted by Crippen LogP contribution is -2.39. The molecule has 0 aromatic carbocycles. The molecule has 1 aliphatic carbocycles. The number of hydrogen-bond acceptors (Lipinski definition) is 2. The van der Waals surface area contributed by atoms with Gasteiger partial charge in [-0.15, -0.1) is 0 Å². The van der Waals surface area contributed by atoms with Gasteiger partial charge in [-0.1, -0.05) is 18.4 Å². The molecule has 0 spiro atoms. The minimum Gasteiger partial charge on any atom is -0.395 e. The third-order valence-electron chi connectivity index (χ3n) is 2.80. The van der Waals surface area contributed by atoms with E-state index in [1.807, 2.05) is 18.7 Å². The van der Waals surface area contributed by atoms with Crippen LogP contribution in [0.1, 0.15) is 39.5 Å². The number of amides is 1. The molecule has 0 aromatic heterocycles. The molecule has 3 heteroatoms. The van der Waals surface area contributed by atoms with E-state index in [4.69, 9.17) is 5.11 Å². The second-order valence-corrected chi connectivity index (χ2v) is 4.42. The molecule has 0 saturated heterocycles. The van der Waals surface area contributed by atoms with Gasteiger partial charge in [-0.3, -0.25) is 4.79 Å². The van der Waals surface area contributed by atoms with Crippen molar-refractivity contribution >= 4 is 5.91 Å². The van der Waals surface area contributed by atoms with Gasteiger partial charge in [0.2, 0.25) is 5.91 Å². The standard InChI is InChI=1S/C12H21NO2/c1-10(2)9-12(15)13(7-8-14)11-5-3-4-6-11/h9,11,14H,3-8H2,1-2H3. The predicted octanol–water partition coefficient (Wildman–Crippen LogP) is 1.72. The van der Waals surface area contributed by atoms with Crippen LogP contribution in [0, 0.1) is 0 Å². The molecular weight excluding hydrogens is 190 g/mol. The molecule has 0 bridgehead atoms. The summed E-state index contributed by atoms with van der Waals surface area (Å²) in [4.78, 5) is 13.7. The SMILES string of the molecule is CC(C)=CC(=O)N(CCO)C1CCCC1. The summed E-state index contributed by atoms with van der Waals surface area (Å²) in [7, 11) is 0. The quantitative estimate of drug-likeness (QED) is 0.719. The Hall–Kier alpha value is -0.830. The zero-order valence-electron chi connectivity index (χ0n) is 9.70. The van der Waals surface area contributed by atoms with E-state index in [2.05, 4.69) is 0 Å². The van der Waals surface area contributed by atoms with Crippen LogP contribution in [-0.4, -0.2) is 35.1 Å². The van der Waals surface area contributed by atoms with Gasteiger partial charge in [0.15, 0.2) is 0 Å². The Morgan fingerprint density at radius 3 is 2.47 bits per heavy atom. The van der Waals surface area contributed by atoms with Gasteiger partial charge >= 0.3 is 0 Å². The Balaban J connectivity index is 2.63. The van der Waals surface area contributed by atoms with Gasteiger partial charge in [-0.05, 0) is 26.7 Å². The molecule has 1 N–H and O–H groups in total. The molecule has 0 radical (unpaired) electrons. The van der Waals surface area contributed by atoms with Gasteiger partial charge < -0.3 is 10.0 Å². The third kappa shape index (κ3) is 3.67. The fourth-order valence-electron chi connectivity index (χ4n) is 2.13. The Bertz CT molecular complexity index is 238. The van der Waals surface area contributed by atoms with E-state index in [1.54, 1.807) is 6.08 Å². The molecular formula is C12H21NO2. The number of aliphatic hydroxyl groups is 1. The molecule has 1 amide bonds. The number of aliphatic hydroxyl groups excluding tert-OH is 1. The average molecular weight is 211 g/mol. The summed E-state index contributed by atoms with van der Waals surface area (Å²) in [6.07, 6.45) is 6.24. The van der Waals surface area contributed by atoms with E-state index >= 15 is 0 Å². The van der Waals surface area contributed by atoms with Crippen molar-refractivity contribution in [2.24, 2.45) is 0 Å². The maximum atomic E-state index is 11.9. The molecule has 1 rings (SSSR count). The molecule has 1 saturated carbocycles. The summed E-state index contributed by atoms with van der Waals surface area (Å²) < 4.78 is 0. The summed E-state index contributed by atoms with van der Waals surface area (Å²) in [5.74, 6) is 0.0518. The first-order valence-electron chi connectivity index (χ1n) is 5.71. The summed E-state index contributed by atoms with van der Waals surface area (Å²) in [5, 5.41) is 8.97. The molecule has 15 heavy (non-hydrogen) atoms. The zero-order chi connectivity index (χ0) is 11.3. The Morgan fingerprint density at radius 1 is 1.40 bits per heavy atom. The molecule has 1 aliphatic rings. The molecule has 0 unspecified atom stereocenters. The molecule has 0 atom stereocenters. The van der Waals surface area contributed by atoms with Crippen molar-refractivity contribution in [3.8, 4) is 0 Å². The topological polar surface area (TPSA) is 40.5 Å². The number of hydrogen-bond donors (Lipinski definition) is 1. The largest absolute Gasteiger partial charge is 0.395 e. The first kappa shape index (κ1) is 12.2. The number of carbonyl (C=O) groups is 1. The molecule has 0 aromatic rings. The van der Waals surface area contributed by atoms with Crippen LogP contribution in [0.5, 0.6) is 0 Å². The lowest BCUT2D eigenvalue weighted by Gasteiger charge is -2.27. The van der Waals surface area contributed by atoms with E-state index in [9.17, 15) is 4.79 Å². The van der Waals surface area contributed by atoms with Crippen molar-refractivity contribution in [1.82, 2.24) is 4.90 Å². The third-order valence-corrected chi connectivity index (χ3v) is 2.80. The lowest BCUT2D eigenvalue weighted by atomic mass is 10.2. The maximum absolute atomic E-state index is 11.9. The summed E-state index contributed by atoms with van der Waals surface area (Å²) >= 11 is 0. The normalized spacial score (nSPS) is 16.5. The van der Waals surface area contributed by atoms with Crippen LogP contribution >= 0.6 is 0 Å².